The maximum atomic E-state index is 4.34. The molecular weight excluding hydrogens is 418 g/mol. The van der Waals surface area contributed by atoms with Gasteiger partial charge in [0.25, 0.3) is 0 Å². The van der Waals surface area contributed by atoms with Crippen LogP contribution in [0.1, 0.15) is 24.8 Å². The Bertz CT molecular complexity index is 469. The third-order valence-electron chi connectivity index (χ3n) is 5.41. The molecule has 0 N–H and O–H groups in total. The van der Waals surface area contributed by atoms with Crippen LogP contribution >= 0.6 is 0 Å². The van der Waals surface area contributed by atoms with Crippen LogP contribution in [0.15, 0.2) is 30.3 Å². The summed E-state index contributed by atoms with van der Waals surface area (Å²) in [5, 5.41) is 0. The Kier molecular flexibility index (Phi) is 12.3. The van der Waals surface area contributed by atoms with Crippen molar-refractivity contribution in [3.05, 3.63) is 113 Å². The van der Waals surface area contributed by atoms with Gasteiger partial charge in [-0.05, 0) is 88.8 Å². The van der Waals surface area contributed by atoms with Crippen molar-refractivity contribution >= 4 is 0 Å². The standard InChI is InChI=1S/C16H21N.2C5H5.Zr/c1-13-11-17(12-14-7-3-2-4-8-14)16-10-6-5-9-15(13)16;2*1-2-4-5-3-1;/h2-4,7-9,13,15-16H,1,5-6,10-12H2;2*1-5H;/q-2;;;+4/t13-,15-,16-;;;/m1.../s1. The van der Waals surface area contributed by atoms with E-state index in [1.807, 2.05) is 64.2 Å². The second-order valence-electron chi connectivity index (χ2n) is 7.41. The van der Waals surface area contributed by atoms with E-state index in [4.69, 9.17) is 0 Å². The Morgan fingerprint density at radius 2 is 1.39 bits per heavy atom. The molecule has 28 heavy (non-hydrogen) atoms. The predicted molar refractivity (Wildman–Crippen MR) is 114 cm³/mol. The second kappa shape index (κ2) is 14.1. The predicted octanol–water partition coefficient (Wildman–Crippen LogP) is 5.37. The molecule has 1 nitrogen and oxygen atoms in total. The molecule has 2 heteroatoms. The van der Waals surface area contributed by atoms with Crippen molar-refractivity contribution in [2.75, 3.05) is 6.54 Å². The van der Waals surface area contributed by atoms with Gasteiger partial charge in [0.1, 0.15) is 0 Å². The maximum Gasteiger partial charge on any atom is 4.00 e. The zero-order valence-corrected chi connectivity index (χ0v) is 19.1. The normalized spacial score (nSPS) is 29.0. The van der Waals surface area contributed by atoms with Gasteiger partial charge >= 0.3 is 26.2 Å². The molecule has 3 saturated carbocycles. The molecule has 3 atom stereocenters. The molecule has 1 aromatic carbocycles. The van der Waals surface area contributed by atoms with Gasteiger partial charge in [-0.1, -0.05) is 36.8 Å². The van der Waals surface area contributed by atoms with E-state index in [1.165, 1.54) is 31.4 Å². The van der Waals surface area contributed by atoms with Crippen LogP contribution in [-0.2, 0) is 32.7 Å². The summed E-state index contributed by atoms with van der Waals surface area (Å²) < 4.78 is 0. The number of fused-ring (bicyclic) bond motifs is 1. The quantitative estimate of drug-likeness (QED) is 0.550. The minimum absolute atomic E-state index is 0. The second-order valence-corrected chi connectivity index (χ2v) is 7.41. The third-order valence-corrected chi connectivity index (χ3v) is 5.41. The number of benzene rings is 1. The van der Waals surface area contributed by atoms with E-state index in [-0.39, 0.29) is 26.2 Å². The molecule has 5 rings (SSSR count). The molecular formula is C26H31NZr+2. The Balaban J connectivity index is 0.000000209. The molecule has 0 bridgehead atoms. The van der Waals surface area contributed by atoms with E-state index in [1.54, 1.807) is 0 Å². The zero-order valence-electron chi connectivity index (χ0n) is 16.7. The summed E-state index contributed by atoms with van der Waals surface area (Å²) in [5.41, 5.74) is 1.44. The van der Waals surface area contributed by atoms with Gasteiger partial charge in [0.15, 0.2) is 0 Å². The van der Waals surface area contributed by atoms with Gasteiger partial charge in [0.05, 0.1) is 0 Å². The van der Waals surface area contributed by atoms with E-state index < -0.39 is 0 Å². The van der Waals surface area contributed by atoms with Gasteiger partial charge in [0, 0.05) is 6.54 Å². The van der Waals surface area contributed by atoms with Crippen molar-refractivity contribution in [2.45, 2.75) is 31.8 Å². The molecule has 1 heterocycles. The van der Waals surface area contributed by atoms with Gasteiger partial charge in [-0.15, -0.1) is 0 Å². The Labute approximate surface area is 194 Å². The maximum absolute atomic E-state index is 4.34. The molecule has 0 amide bonds. The number of likely N-dealkylation sites (tertiary alicyclic amines) is 1. The van der Waals surface area contributed by atoms with Gasteiger partial charge in [-0.3, -0.25) is 0 Å². The number of nitrogens with zero attached hydrogens (tertiary/aromatic N) is 1. The SMILES string of the molecule is [CH2-][C@@H]1CN(Cc2ccccc2)[C@@H]2CCC[CH-][C@H]12.[CH]1[CH][CH][CH][CH]1.[CH]1[CH][CH][CH][CH]1.[Zr+4]. The zero-order chi connectivity index (χ0) is 18.7. The van der Waals surface area contributed by atoms with Crippen molar-refractivity contribution in [2.24, 2.45) is 11.8 Å². The van der Waals surface area contributed by atoms with Crippen molar-refractivity contribution in [1.82, 2.24) is 4.90 Å². The van der Waals surface area contributed by atoms with Crippen LogP contribution in [-0.4, -0.2) is 17.5 Å². The summed E-state index contributed by atoms with van der Waals surface area (Å²) in [6, 6.07) is 11.6. The first kappa shape index (κ1) is 24.3. The fraction of sp³-hybridized carbons (Fsp3) is 0.308. The summed E-state index contributed by atoms with van der Waals surface area (Å²) in [7, 11) is 0. The molecule has 3 aliphatic carbocycles. The van der Waals surface area contributed by atoms with Crippen LogP contribution in [0.25, 0.3) is 0 Å². The summed E-state index contributed by atoms with van der Waals surface area (Å²) >= 11 is 0. The first-order valence-electron chi connectivity index (χ1n) is 10.1. The smallest absolute Gasteiger partial charge is 0.341 e. The Morgan fingerprint density at radius 1 is 0.857 bits per heavy atom. The van der Waals surface area contributed by atoms with Crippen molar-refractivity contribution in [3.8, 4) is 0 Å². The molecule has 10 radical (unpaired) electrons. The molecule has 0 aromatic heterocycles. The monoisotopic (exact) mass is 447 g/mol. The van der Waals surface area contributed by atoms with Crippen LogP contribution in [0.5, 0.6) is 0 Å². The third kappa shape index (κ3) is 8.06. The average molecular weight is 449 g/mol. The number of rotatable bonds is 2. The molecule has 142 valence electrons. The molecule has 1 aromatic rings. The molecule has 4 fully saturated rings. The molecule has 1 aliphatic heterocycles. The first-order valence-corrected chi connectivity index (χ1v) is 10.1. The summed E-state index contributed by atoms with van der Waals surface area (Å²) in [6.07, 6.45) is 26.5. The topological polar surface area (TPSA) is 3.24 Å². The molecule has 0 spiro atoms. The summed E-state index contributed by atoms with van der Waals surface area (Å²) in [4.78, 5) is 2.65. The van der Waals surface area contributed by atoms with Crippen LogP contribution in [0.4, 0.5) is 0 Å². The van der Waals surface area contributed by atoms with Gasteiger partial charge in [0.2, 0.25) is 0 Å². The van der Waals surface area contributed by atoms with E-state index >= 15 is 0 Å². The Hall–Kier alpha value is 0.0631. The largest absolute Gasteiger partial charge is 4.00 e. The molecule has 1 saturated heterocycles. The minimum Gasteiger partial charge on any atom is -0.341 e. The van der Waals surface area contributed by atoms with Gasteiger partial charge in [-0.25, -0.2) is 0 Å². The van der Waals surface area contributed by atoms with E-state index in [0.29, 0.717) is 5.92 Å². The van der Waals surface area contributed by atoms with E-state index in [9.17, 15) is 0 Å². The molecule has 4 aliphatic rings. The van der Waals surface area contributed by atoms with Gasteiger partial charge in [-0.2, -0.15) is 18.3 Å². The van der Waals surface area contributed by atoms with Crippen LogP contribution in [0.3, 0.4) is 0 Å². The van der Waals surface area contributed by atoms with E-state index in [0.717, 1.165) is 18.5 Å². The van der Waals surface area contributed by atoms with Crippen LogP contribution in [0, 0.1) is 89.4 Å². The fourth-order valence-electron chi connectivity index (χ4n) is 4.12. The molecule has 0 unspecified atom stereocenters. The van der Waals surface area contributed by atoms with E-state index in [2.05, 4.69) is 48.6 Å². The fourth-order valence-corrected chi connectivity index (χ4v) is 4.12. The number of hydrogen-bond donors (Lipinski definition) is 0. The van der Waals surface area contributed by atoms with Crippen molar-refractivity contribution in [1.29, 1.82) is 0 Å². The summed E-state index contributed by atoms with van der Waals surface area (Å²) in [6.45, 7) is 6.61. The number of hydrogen-bond acceptors (Lipinski definition) is 1. The van der Waals surface area contributed by atoms with Crippen molar-refractivity contribution < 1.29 is 26.2 Å². The van der Waals surface area contributed by atoms with Crippen LogP contribution in [0.2, 0.25) is 0 Å². The van der Waals surface area contributed by atoms with Crippen LogP contribution < -0.4 is 0 Å². The Morgan fingerprint density at radius 3 is 1.93 bits per heavy atom. The summed E-state index contributed by atoms with van der Waals surface area (Å²) in [5.74, 6) is 1.34. The van der Waals surface area contributed by atoms with Crippen molar-refractivity contribution in [3.63, 3.8) is 0 Å². The minimum atomic E-state index is 0. The first-order chi connectivity index (χ1) is 13.3. The van der Waals surface area contributed by atoms with Gasteiger partial charge < -0.3 is 18.2 Å². The average Bonchev–Trinajstić information content (AvgIpc) is 3.50.